The van der Waals surface area contributed by atoms with Gasteiger partial charge in [0.05, 0.1) is 11.8 Å². The van der Waals surface area contributed by atoms with Crippen molar-refractivity contribution in [3.05, 3.63) is 17.3 Å². The van der Waals surface area contributed by atoms with Gasteiger partial charge in [0, 0.05) is 6.20 Å². The monoisotopic (exact) mass is 186 g/mol. The number of ether oxygens (including phenoxy) is 1. The summed E-state index contributed by atoms with van der Waals surface area (Å²) in [4.78, 5) is 3.95. The van der Waals surface area contributed by atoms with Crippen LogP contribution in [0.4, 0.5) is 5.69 Å². The van der Waals surface area contributed by atoms with Crippen molar-refractivity contribution in [3.8, 4) is 5.88 Å². The highest BCUT2D eigenvalue weighted by Gasteiger charge is 2.07. The van der Waals surface area contributed by atoms with Gasteiger partial charge in [0.2, 0.25) is 5.88 Å². The number of nitrogen functional groups attached to an aromatic ring is 1. The molecule has 0 fully saturated rings. The van der Waals surface area contributed by atoms with Gasteiger partial charge < -0.3 is 10.5 Å². The fourth-order valence-corrected chi connectivity index (χ4v) is 0.900. The van der Waals surface area contributed by atoms with Gasteiger partial charge in [-0.3, -0.25) is 0 Å². The molecule has 0 amide bonds. The maximum Gasteiger partial charge on any atom is 0.234 e. The van der Waals surface area contributed by atoms with Gasteiger partial charge in [0.25, 0.3) is 0 Å². The Labute approximate surface area is 76.5 Å². The Morgan fingerprint density at radius 2 is 2.25 bits per heavy atom. The third-order valence-corrected chi connectivity index (χ3v) is 1.61. The first kappa shape index (κ1) is 9.13. The quantitative estimate of drug-likeness (QED) is 0.770. The van der Waals surface area contributed by atoms with Crippen LogP contribution in [0.2, 0.25) is 5.02 Å². The number of hydrogen-bond donors (Lipinski definition) is 1. The number of nitrogens with two attached hydrogens (primary N) is 1. The fraction of sp³-hybridized carbons (Fsp3) is 0.375. The van der Waals surface area contributed by atoms with E-state index in [1.54, 1.807) is 12.3 Å². The molecule has 1 heterocycles. The summed E-state index contributed by atoms with van der Waals surface area (Å²) in [5.74, 6) is 0.395. The van der Waals surface area contributed by atoms with Crippen LogP contribution >= 0.6 is 11.6 Å². The maximum atomic E-state index is 5.82. The third-order valence-electron chi connectivity index (χ3n) is 1.23. The van der Waals surface area contributed by atoms with Crippen LogP contribution in [0.3, 0.4) is 0 Å². The van der Waals surface area contributed by atoms with Crippen molar-refractivity contribution in [2.75, 3.05) is 5.73 Å². The highest BCUT2D eigenvalue weighted by Crippen LogP contribution is 2.27. The Hall–Kier alpha value is -0.960. The van der Waals surface area contributed by atoms with Crippen molar-refractivity contribution in [1.29, 1.82) is 0 Å². The first-order valence-corrected chi connectivity index (χ1v) is 4.05. The molecule has 0 aliphatic heterocycles. The van der Waals surface area contributed by atoms with E-state index in [0.29, 0.717) is 16.6 Å². The molecule has 0 aliphatic carbocycles. The first-order valence-electron chi connectivity index (χ1n) is 3.68. The Bertz CT molecular complexity index is 276. The van der Waals surface area contributed by atoms with E-state index in [4.69, 9.17) is 22.1 Å². The summed E-state index contributed by atoms with van der Waals surface area (Å²) in [6.45, 7) is 3.81. The van der Waals surface area contributed by atoms with Crippen LogP contribution in [0.1, 0.15) is 13.8 Å². The zero-order chi connectivity index (χ0) is 9.14. The lowest BCUT2D eigenvalue weighted by Gasteiger charge is -2.10. The summed E-state index contributed by atoms with van der Waals surface area (Å²) in [5, 5.41) is 0.381. The molecule has 1 aromatic rings. The molecule has 0 aliphatic rings. The predicted molar refractivity (Wildman–Crippen MR) is 49.4 cm³/mol. The SMILES string of the molecule is CC(C)Oc1nccc(N)c1Cl. The van der Waals surface area contributed by atoms with Crippen molar-refractivity contribution < 1.29 is 4.74 Å². The Morgan fingerprint density at radius 3 is 2.83 bits per heavy atom. The van der Waals surface area contributed by atoms with Gasteiger partial charge in [-0.25, -0.2) is 4.98 Å². The smallest absolute Gasteiger partial charge is 0.234 e. The normalized spacial score (nSPS) is 10.3. The molecule has 66 valence electrons. The molecule has 0 saturated carbocycles. The van der Waals surface area contributed by atoms with E-state index in [1.807, 2.05) is 13.8 Å². The second-order valence-electron chi connectivity index (χ2n) is 2.69. The summed E-state index contributed by atoms with van der Waals surface area (Å²) >= 11 is 5.82. The van der Waals surface area contributed by atoms with Gasteiger partial charge in [-0.05, 0) is 19.9 Å². The average molecular weight is 187 g/mol. The predicted octanol–water partition coefficient (Wildman–Crippen LogP) is 2.10. The highest BCUT2D eigenvalue weighted by atomic mass is 35.5. The molecule has 0 saturated heterocycles. The van der Waals surface area contributed by atoms with E-state index in [-0.39, 0.29) is 6.10 Å². The first-order chi connectivity index (χ1) is 5.61. The van der Waals surface area contributed by atoms with Crippen molar-refractivity contribution in [3.63, 3.8) is 0 Å². The van der Waals surface area contributed by atoms with Crippen LogP contribution in [0, 0.1) is 0 Å². The standard InChI is InChI=1S/C8H11ClN2O/c1-5(2)12-8-7(9)6(10)3-4-11-8/h3-5H,1-2H3,(H2,10,11). The summed E-state index contributed by atoms with van der Waals surface area (Å²) < 4.78 is 5.30. The van der Waals surface area contributed by atoms with Gasteiger partial charge >= 0.3 is 0 Å². The van der Waals surface area contributed by atoms with E-state index in [9.17, 15) is 0 Å². The van der Waals surface area contributed by atoms with Crippen molar-refractivity contribution in [2.45, 2.75) is 20.0 Å². The van der Waals surface area contributed by atoms with Crippen molar-refractivity contribution in [1.82, 2.24) is 4.98 Å². The molecular formula is C8H11ClN2O. The maximum absolute atomic E-state index is 5.82. The minimum Gasteiger partial charge on any atom is -0.474 e. The van der Waals surface area contributed by atoms with Crippen LogP contribution < -0.4 is 10.5 Å². The number of rotatable bonds is 2. The van der Waals surface area contributed by atoms with E-state index in [2.05, 4.69) is 4.98 Å². The second kappa shape index (κ2) is 3.63. The Balaban J connectivity index is 2.92. The van der Waals surface area contributed by atoms with Crippen LogP contribution in [0.25, 0.3) is 0 Å². The average Bonchev–Trinajstić information content (AvgIpc) is 1.98. The molecule has 4 heteroatoms. The number of halogens is 1. The van der Waals surface area contributed by atoms with Gasteiger partial charge in [-0.1, -0.05) is 11.6 Å². The minimum atomic E-state index is 0.0526. The van der Waals surface area contributed by atoms with Crippen molar-refractivity contribution in [2.24, 2.45) is 0 Å². The van der Waals surface area contributed by atoms with Crippen LogP contribution in [-0.2, 0) is 0 Å². The summed E-state index contributed by atoms with van der Waals surface area (Å²) in [5.41, 5.74) is 6.03. The summed E-state index contributed by atoms with van der Waals surface area (Å²) in [7, 11) is 0. The number of anilines is 1. The Kier molecular flexibility index (Phi) is 2.76. The lowest BCUT2D eigenvalue weighted by Crippen LogP contribution is -2.07. The topological polar surface area (TPSA) is 48.1 Å². The molecule has 12 heavy (non-hydrogen) atoms. The van der Waals surface area contributed by atoms with E-state index < -0.39 is 0 Å². The zero-order valence-electron chi connectivity index (χ0n) is 7.04. The van der Waals surface area contributed by atoms with Crippen LogP contribution in [0.5, 0.6) is 5.88 Å². The van der Waals surface area contributed by atoms with Gasteiger partial charge in [0.1, 0.15) is 5.02 Å². The molecule has 2 N–H and O–H groups in total. The van der Waals surface area contributed by atoms with Gasteiger partial charge in [-0.2, -0.15) is 0 Å². The molecule has 1 rings (SSSR count). The number of pyridine rings is 1. The van der Waals surface area contributed by atoms with Gasteiger partial charge in [0.15, 0.2) is 0 Å². The summed E-state index contributed by atoms with van der Waals surface area (Å²) in [6, 6.07) is 1.63. The number of nitrogens with zero attached hydrogens (tertiary/aromatic N) is 1. The molecular weight excluding hydrogens is 176 g/mol. The molecule has 0 radical (unpaired) electrons. The van der Waals surface area contributed by atoms with Crippen LogP contribution in [-0.4, -0.2) is 11.1 Å². The Morgan fingerprint density at radius 1 is 1.58 bits per heavy atom. The van der Waals surface area contributed by atoms with Gasteiger partial charge in [-0.15, -0.1) is 0 Å². The number of aromatic nitrogens is 1. The second-order valence-corrected chi connectivity index (χ2v) is 3.06. The lowest BCUT2D eigenvalue weighted by molar-refractivity contribution is 0.233. The molecule has 0 spiro atoms. The highest BCUT2D eigenvalue weighted by molar-refractivity contribution is 6.34. The molecule has 0 aromatic carbocycles. The molecule has 0 bridgehead atoms. The van der Waals surface area contributed by atoms with Crippen LogP contribution in [0.15, 0.2) is 12.3 Å². The largest absolute Gasteiger partial charge is 0.474 e. The van der Waals surface area contributed by atoms with E-state index in [1.165, 1.54) is 0 Å². The van der Waals surface area contributed by atoms with E-state index in [0.717, 1.165) is 0 Å². The summed E-state index contributed by atoms with van der Waals surface area (Å²) in [6.07, 6.45) is 1.62. The third kappa shape index (κ3) is 2.01. The molecule has 1 aromatic heterocycles. The minimum absolute atomic E-state index is 0.0526. The zero-order valence-corrected chi connectivity index (χ0v) is 7.80. The lowest BCUT2D eigenvalue weighted by atomic mass is 10.4. The number of hydrogen-bond acceptors (Lipinski definition) is 3. The molecule has 3 nitrogen and oxygen atoms in total. The van der Waals surface area contributed by atoms with E-state index >= 15 is 0 Å². The molecule has 0 unspecified atom stereocenters. The van der Waals surface area contributed by atoms with Crippen molar-refractivity contribution >= 4 is 17.3 Å². The molecule has 0 atom stereocenters. The fourth-order valence-electron chi connectivity index (χ4n) is 0.744.